The zero-order valence-corrected chi connectivity index (χ0v) is 12.6. The average Bonchev–Trinajstić information content (AvgIpc) is 2.65. The quantitative estimate of drug-likeness (QED) is 0.675. The number of nitrogens with zero attached hydrogens (tertiary/aromatic N) is 2. The number of hydrogen-bond acceptors (Lipinski definition) is 3. The van der Waals surface area contributed by atoms with Crippen molar-refractivity contribution in [3.63, 3.8) is 0 Å². The summed E-state index contributed by atoms with van der Waals surface area (Å²) in [7, 11) is 4.27. The molecule has 2 rings (SSSR count). The number of nitrogens with two attached hydrogens (primary N) is 1. The Bertz CT molecular complexity index is 392. The second-order valence-corrected chi connectivity index (χ2v) is 6.20. The number of rotatable bonds is 3. The van der Waals surface area contributed by atoms with Gasteiger partial charge in [0.2, 0.25) is 0 Å². The molecule has 1 atom stereocenters. The number of nitrogen functional groups attached to an aromatic ring is 1. The van der Waals surface area contributed by atoms with Crippen molar-refractivity contribution in [2.45, 2.75) is 18.9 Å². The normalized spacial score (nSPS) is 20.2. The standard InChI is InChI=1S/C13H20IN3/c1-16(2)9-11-4-3-7-17(11)13-6-5-10(14)8-12(13)15/h5-6,8,11H,3-4,7,9,15H2,1-2H3. The number of likely N-dealkylation sites (N-methyl/N-ethyl adjacent to an activating group) is 1. The van der Waals surface area contributed by atoms with E-state index in [4.69, 9.17) is 5.73 Å². The minimum atomic E-state index is 0.604. The molecule has 1 aliphatic rings. The van der Waals surface area contributed by atoms with Gasteiger partial charge in [-0.2, -0.15) is 0 Å². The fraction of sp³-hybridized carbons (Fsp3) is 0.538. The van der Waals surface area contributed by atoms with Crippen LogP contribution in [0, 0.1) is 3.57 Å². The first-order valence-electron chi connectivity index (χ1n) is 6.04. The van der Waals surface area contributed by atoms with Gasteiger partial charge in [-0.15, -0.1) is 0 Å². The van der Waals surface area contributed by atoms with E-state index in [9.17, 15) is 0 Å². The number of halogens is 1. The molecule has 1 heterocycles. The molecule has 0 aliphatic carbocycles. The first-order valence-corrected chi connectivity index (χ1v) is 7.12. The van der Waals surface area contributed by atoms with Gasteiger partial charge in [0, 0.05) is 22.7 Å². The summed E-state index contributed by atoms with van der Waals surface area (Å²) in [6, 6.07) is 6.95. The minimum Gasteiger partial charge on any atom is -0.397 e. The van der Waals surface area contributed by atoms with Crippen molar-refractivity contribution in [1.29, 1.82) is 0 Å². The Balaban J connectivity index is 2.20. The zero-order valence-electron chi connectivity index (χ0n) is 10.5. The lowest BCUT2D eigenvalue weighted by molar-refractivity contribution is 0.372. The molecule has 1 aromatic carbocycles. The second-order valence-electron chi connectivity index (χ2n) is 4.95. The fourth-order valence-corrected chi connectivity index (χ4v) is 3.07. The summed E-state index contributed by atoms with van der Waals surface area (Å²) in [6.07, 6.45) is 2.54. The van der Waals surface area contributed by atoms with Crippen molar-refractivity contribution in [2.24, 2.45) is 0 Å². The summed E-state index contributed by atoms with van der Waals surface area (Å²) in [4.78, 5) is 4.72. The molecule has 0 radical (unpaired) electrons. The summed E-state index contributed by atoms with van der Waals surface area (Å²) in [5.74, 6) is 0. The van der Waals surface area contributed by atoms with Crippen LogP contribution in [0.5, 0.6) is 0 Å². The molecule has 4 heteroatoms. The Morgan fingerprint density at radius 3 is 2.88 bits per heavy atom. The molecule has 1 fully saturated rings. The monoisotopic (exact) mass is 345 g/mol. The molecule has 1 aromatic rings. The molecule has 3 nitrogen and oxygen atoms in total. The van der Waals surface area contributed by atoms with Gasteiger partial charge in [-0.1, -0.05) is 0 Å². The van der Waals surface area contributed by atoms with Crippen molar-refractivity contribution in [2.75, 3.05) is 37.8 Å². The van der Waals surface area contributed by atoms with Gasteiger partial charge in [0.25, 0.3) is 0 Å². The Kier molecular flexibility index (Phi) is 4.14. The van der Waals surface area contributed by atoms with E-state index in [1.165, 1.54) is 22.1 Å². The van der Waals surface area contributed by atoms with E-state index in [1.807, 2.05) is 0 Å². The van der Waals surface area contributed by atoms with Gasteiger partial charge in [-0.3, -0.25) is 0 Å². The zero-order chi connectivity index (χ0) is 12.4. The highest BCUT2D eigenvalue weighted by atomic mass is 127. The molecule has 1 unspecified atom stereocenters. The van der Waals surface area contributed by atoms with Crippen LogP contribution in [0.4, 0.5) is 11.4 Å². The van der Waals surface area contributed by atoms with Crippen molar-refractivity contribution in [3.05, 3.63) is 21.8 Å². The lowest BCUT2D eigenvalue weighted by atomic mass is 10.2. The average molecular weight is 345 g/mol. The van der Waals surface area contributed by atoms with E-state index < -0.39 is 0 Å². The van der Waals surface area contributed by atoms with Crippen LogP contribution in [0.3, 0.4) is 0 Å². The maximum Gasteiger partial charge on any atom is 0.0603 e. The highest BCUT2D eigenvalue weighted by molar-refractivity contribution is 14.1. The topological polar surface area (TPSA) is 32.5 Å². The lowest BCUT2D eigenvalue weighted by Crippen LogP contribution is -2.37. The molecule has 0 saturated carbocycles. The van der Waals surface area contributed by atoms with Gasteiger partial charge in [0.05, 0.1) is 11.4 Å². The van der Waals surface area contributed by atoms with E-state index in [-0.39, 0.29) is 0 Å². The predicted molar refractivity (Wildman–Crippen MR) is 82.5 cm³/mol. The maximum atomic E-state index is 6.13. The molecule has 17 heavy (non-hydrogen) atoms. The SMILES string of the molecule is CN(C)CC1CCCN1c1ccc(I)cc1N. The maximum absolute atomic E-state index is 6.13. The Morgan fingerprint density at radius 1 is 1.47 bits per heavy atom. The van der Waals surface area contributed by atoms with Crippen LogP contribution in [0.25, 0.3) is 0 Å². The highest BCUT2D eigenvalue weighted by Gasteiger charge is 2.26. The number of hydrogen-bond donors (Lipinski definition) is 1. The summed E-state index contributed by atoms with van der Waals surface area (Å²) >= 11 is 2.30. The Labute approximate surface area is 117 Å². The molecule has 2 N–H and O–H groups in total. The van der Waals surface area contributed by atoms with Crippen LogP contribution < -0.4 is 10.6 Å². The smallest absolute Gasteiger partial charge is 0.0603 e. The summed E-state index contributed by atoms with van der Waals surface area (Å²) in [6.45, 7) is 2.23. The van der Waals surface area contributed by atoms with E-state index in [2.05, 4.69) is 64.7 Å². The van der Waals surface area contributed by atoms with Crippen molar-refractivity contribution in [3.8, 4) is 0 Å². The van der Waals surface area contributed by atoms with E-state index >= 15 is 0 Å². The first kappa shape index (κ1) is 13.0. The van der Waals surface area contributed by atoms with Gasteiger partial charge in [-0.25, -0.2) is 0 Å². The van der Waals surface area contributed by atoms with Crippen LogP contribution >= 0.6 is 22.6 Å². The minimum absolute atomic E-state index is 0.604. The Hall–Kier alpha value is -0.490. The third-order valence-electron chi connectivity index (χ3n) is 3.25. The van der Waals surface area contributed by atoms with Crippen LogP contribution in [0.1, 0.15) is 12.8 Å². The molecular weight excluding hydrogens is 325 g/mol. The van der Waals surface area contributed by atoms with E-state index in [0.717, 1.165) is 18.8 Å². The highest BCUT2D eigenvalue weighted by Crippen LogP contribution is 2.31. The van der Waals surface area contributed by atoms with Crippen molar-refractivity contribution in [1.82, 2.24) is 4.90 Å². The number of benzene rings is 1. The molecule has 0 amide bonds. The first-order chi connectivity index (χ1) is 8.08. The largest absolute Gasteiger partial charge is 0.397 e. The fourth-order valence-electron chi connectivity index (χ4n) is 2.55. The van der Waals surface area contributed by atoms with Gasteiger partial charge in [-0.05, 0) is 67.7 Å². The van der Waals surface area contributed by atoms with Crippen molar-refractivity contribution >= 4 is 34.0 Å². The number of anilines is 2. The molecule has 1 aliphatic heterocycles. The van der Waals surface area contributed by atoms with Crippen molar-refractivity contribution < 1.29 is 0 Å². The molecule has 1 saturated heterocycles. The summed E-state index contributed by atoms with van der Waals surface area (Å²) in [5.41, 5.74) is 8.24. The molecular formula is C13H20IN3. The van der Waals surface area contributed by atoms with Gasteiger partial charge in [0.1, 0.15) is 0 Å². The second kappa shape index (κ2) is 5.44. The molecule has 0 spiro atoms. The summed E-state index contributed by atoms with van der Waals surface area (Å²) in [5, 5.41) is 0. The van der Waals surface area contributed by atoms with E-state index in [0.29, 0.717) is 6.04 Å². The van der Waals surface area contributed by atoms with E-state index in [1.54, 1.807) is 0 Å². The summed E-state index contributed by atoms with van der Waals surface area (Å²) < 4.78 is 1.20. The van der Waals surface area contributed by atoms with Gasteiger partial charge < -0.3 is 15.5 Å². The third-order valence-corrected chi connectivity index (χ3v) is 3.92. The molecule has 0 bridgehead atoms. The lowest BCUT2D eigenvalue weighted by Gasteiger charge is -2.30. The molecule has 94 valence electrons. The van der Waals surface area contributed by atoms with Crippen LogP contribution in [-0.4, -0.2) is 38.1 Å². The van der Waals surface area contributed by atoms with Crippen LogP contribution in [0.15, 0.2) is 18.2 Å². The van der Waals surface area contributed by atoms with Gasteiger partial charge >= 0.3 is 0 Å². The third kappa shape index (κ3) is 3.04. The van der Waals surface area contributed by atoms with Crippen LogP contribution in [-0.2, 0) is 0 Å². The predicted octanol–water partition coefficient (Wildman–Crippen LogP) is 2.40. The Morgan fingerprint density at radius 2 is 2.24 bits per heavy atom. The molecule has 0 aromatic heterocycles. The van der Waals surface area contributed by atoms with Gasteiger partial charge in [0.15, 0.2) is 0 Å². The van der Waals surface area contributed by atoms with Crippen LogP contribution in [0.2, 0.25) is 0 Å².